The van der Waals surface area contributed by atoms with Gasteiger partial charge in [0.25, 0.3) is 0 Å². The molecule has 0 radical (unpaired) electrons. The van der Waals surface area contributed by atoms with E-state index in [2.05, 4.69) is 10.3 Å². The first-order chi connectivity index (χ1) is 12.3. The minimum Gasteiger partial charge on any atom is -0.372 e. The molecule has 1 aromatic heterocycles. The molecule has 0 saturated carbocycles. The number of ketones is 1. The quantitative estimate of drug-likeness (QED) is 0.681. The van der Waals surface area contributed by atoms with Crippen molar-refractivity contribution in [3.8, 4) is 0 Å². The molecule has 0 bridgehead atoms. The zero-order valence-corrected chi connectivity index (χ0v) is 14.2. The van der Waals surface area contributed by atoms with Gasteiger partial charge in [0.15, 0.2) is 6.04 Å². The zero-order chi connectivity index (χ0) is 17.1. The minimum absolute atomic E-state index is 0.140. The number of nitrogens with two attached hydrogens (primary N) is 1. The summed E-state index contributed by atoms with van der Waals surface area (Å²) in [5.41, 5.74) is 2.79. The second-order valence-corrected chi connectivity index (χ2v) is 6.61. The van der Waals surface area contributed by atoms with Crippen LogP contribution < -0.4 is 5.32 Å². The number of quaternary nitrogens is 1. The van der Waals surface area contributed by atoms with Crippen molar-refractivity contribution in [2.24, 2.45) is 0 Å². The van der Waals surface area contributed by atoms with Crippen molar-refractivity contribution in [3.63, 3.8) is 0 Å². The number of aromatic nitrogens is 1. The first kappa shape index (κ1) is 16.1. The van der Waals surface area contributed by atoms with Gasteiger partial charge in [0.05, 0.1) is 0 Å². The Bertz CT molecular complexity index is 850. The highest BCUT2D eigenvalue weighted by atomic mass is 16.5. The van der Waals surface area contributed by atoms with Crippen molar-refractivity contribution in [3.05, 3.63) is 71.9 Å². The van der Waals surface area contributed by atoms with Gasteiger partial charge < -0.3 is 15.0 Å². The molecule has 3 N–H and O–H groups in total. The number of aromatic amines is 1. The summed E-state index contributed by atoms with van der Waals surface area (Å²) in [6, 6.07) is 17.7. The van der Waals surface area contributed by atoms with Crippen LogP contribution in [0, 0.1) is 0 Å². The monoisotopic (exact) mass is 335 g/mol. The molecule has 0 spiro atoms. The van der Waals surface area contributed by atoms with Gasteiger partial charge in [0.2, 0.25) is 5.78 Å². The lowest BCUT2D eigenvalue weighted by atomic mass is 9.96. The lowest BCUT2D eigenvalue weighted by Crippen LogP contribution is -2.88. The van der Waals surface area contributed by atoms with E-state index in [-0.39, 0.29) is 17.9 Å². The molecule has 1 aliphatic rings. The van der Waals surface area contributed by atoms with Crippen molar-refractivity contribution in [2.75, 3.05) is 13.2 Å². The molecule has 25 heavy (non-hydrogen) atoms. The van der Waals surface area contributed by atoms with Gasteiger partial charge in [0, 0.05) is 34.8 Å². The number of hydrogen-bond acceptors (Lipinski definition) is 2. The summed E-state index contributed by atoms with van der Waals surface area (Å²) in [5, 5.41) is 3.12. The maximum Gasteiger partial charge on any atom is 0.226 e. The smallest absolute Gasteiger partial charge is 0.226 e. The number of nitrogens with one attached hydrogen (secondary N) is 1. The molecule has 0 aliphatic carbocycles. The third-order valence-corrected chi connectivity index (χ3v) is 4.95. The number of hydrogen-bond donors (Lipinski definition) is 2. The molecular formula is C21H23N2O2+. The maximum absolute atomic E-state index is 13.3. The van der Waals surface area contributed by atoms with Crippen molar-refractivity contribution < 1.29 is 14.8 Å². The van der Waals surface area contributed by atoms with Crippen LogP contribution in [0.2, 0.25) is 0 Å². The maximum atomic E-state index is 13.3. The van der Waals surface area contributed by atoms with Crippen LogP contribution in [0.25, 0.3) is 10.9 Å². The van der Waals surface area contributed by atoms with E-state index >= 15 is 0 Å². The zero-order valence-electron chi connectivity index (χ0n) is 14.2. The predicted molar refractivity (Wildman–Crippen MR) is 97.6 cm³/mol. The molecule has 4 nitrogen and oxygen atoms in total. The number of carbonyl (C=O) groups is 1. The Hall–Kier alpha value is -2.43. The Morgan fingerprint density at radius 2 is 1.96 bits per heavy atom. The molecule has 4 rings (SSSR count). The number of Topliss-reactive ketones (excluding diaryl/α,β-unsaturated/α-hetero) is 1. The molecule has 4 heteroatoms. The molecule has 2 aromatic carbocycles. The summed E-state index contributed by atoms with van der Waals surface area (Å²) in [5.74, 6) is 0.140. The molecule has 2 heterocycles. The minimum atomic E-state index is -0.246. The number of rotatable bonds is 6. The second kappa shape index (κ2) is 7.21. The largest absolute Gasteiger partial charge is 0.372 e. The molecule has 1 saturated heterocycles. The number of fused-ring (bicyclic) bond motifs is 1. The highest BCUT2D eigenvalue weighted by Gasteiger charge is 2.29. The molecule has 3 aromatic rings. The fourth-order valence-corrected chi connectivity index (χ4v) is 3.62. The Morgan fingerprint density at radius 1 is 1.16 bits per heavy atom. The number of ether oxygens (including phenoxy) is 1. The number of H-pyrrole nitrogens is 1. The number of para-hydroxylation sites is 1. The van der Waals surface area contributed by atoms with Crippen LogP contribution in [0.15, 0.2) is 60.8 Å². The van der Waals surface area contributed by atoms with E-state index in [1.807, 2.05) is 60.8 Å². The van der Waals surface area contributed by atoms with E-state index in [1.54, 1.807) is 0 Å². The van der Waals surface area contributed by atoms with Crippen molar-refractivity contribution in [1.82, 2.24) is 4.98 Å². The average Bonchev–Trinajstić information content (AvgIpc) is 3.32. The lowest BCUT2D eigenvalue weighted by molar-refractivity contribution is -0.686. The lowest BCUT2D eigenvalue weighted by Gasteiger charge is -2.17. The van der Waals surface area contributed by atoms with Gasteiger partial charge in [-0.05, 0) is 18.9 Å². The summed E-state index contributed by atoms with van der Waals surface area (Å²) in [6.45, 7) is 1.65. The van der Waals surface area contributed by atoms with E-state index in [0.717, 1.165) is 48.0 Å². The van der Waals surface area contributed by atoms with Crippen LogP contribution in [0.3, 0.4) is 0 Å². The van der Waals surface area contributed by atoms with Crippen LogP contribution in [0.1, 0.15) is 34.8 Å². The first-order valence-electron chi connectivity index (χ1n) is 8.93. The SMILES string of the molecule is O=C(c1c[nH]c2ccccc12)[C@H]([NH2+]C[C@@H]1CCCO1)c1ccccc1. The van der Waals surface area contributed by atoms with E-state index in [1.165, 1.54) is 0 Å². The van der Waals surface area contributed by atoms with E-state index in [9.17, 15) is 4.79 Å². The van der Waals surface area contributed by atoms with Crippen LogP contribution in [0.5, 0.6) is 0 Å². The van der Waals surface area contributed by atoms with Gasteiger partial charge in [-0.25, -0.2) is 0 Å². The Kier molecular flexibility index (Phi) is 4.63. The Morgan fingerprint density at radius 3 is 2.76 bits per heavy atom. The fraction of sp³-hybridized carbons (Fsp3) is 0.286. The van der Waals surface area contributed by atoms with Crippen LogP contribution >= 0.6 is 0 Å². The Labute approximate surface area is 147 Å². The van der Waals surface area contributed by atoms with Gasteiger partial charge >= 0.3 is 0 Å². The molecule has 2 atom stereocenters. The van der Waals surface area contributed by atoms with E-state index in [0.29, 0.717) is 0 Å². The molecule has 0 amide bonds. The molecular weight excluding hydrogens is 312 g/mol. The van der Waals surface area contributed by atoms with Crippen molar-refractivity contribution >= 4 is 16.7 Å². The molecule has 0 unspecified atom stereocenters. The van der Waals surface area contributed by atoms with Crippen LogP contribution in [-0.2, 0) is 4.74 Å². The fourth-order valence-electron chi connectivity index (χ4n) is 3.62. The van der Waals surface area contributed by atoms with Gasteiger partial charge in [0.1, 0.15) is 12.6 Å². The highest BCUT2D eigenvalue weighted by Crippen LogP contribution is 2.23. The van der Waals surface area contributed by atoms with E-state index < -0.39 is 0 Å². The Balaban J connectivity index is 1.63. The summed E-state index contributed by atoms with van der Waals surface area (Å²) in [7, 11) is 0. The third kappa shape index (κ3) is 3.36. The summed E-state index contributed by atoms with van der Waals surface area (Å²) < 4.78 is 5.73. The molecule has 1 fully saturated rings. The summed E-state index contributed by atoms with van der Waals surface area (Å²) in [4.78, 5) is 16.5. The number of benzene rings is 2. The second-order valence-electron chi connectivity index (χ2n) is 6.61. The highest BCUT2D eigenvalue weighted by molar-refractivity contribution is 6.09. The number of carbonyl (C=O) groups excluding carboxylic acids is 1. The topological polar surface area (TPSA) is 58.7 Å². The van der Waals surface area contributed by atoms with Gasteiger partial charge in [-0.2, -0.15) is 0 Å². The van der Waals surface area contributed by atoms with Crippen LogP contribution in [0.4, 0.5) is 0 Å². The molecule has 128 valence electrons. The van der Waals surface area contributed by atoms with Gasteiger partial charge in [-0.1, -0.05) is 48.5 Å². The van der Waals surface area contributed by atoms with Gasteiger partial charge in [-0.15, -0.1) is 0 Å². The third-order valence-electron chi connectivity index (χ3n) is 4.95. The normalized spacial score (nSPS) is 18.5. The summed E-state index contributed by atoms with van der Waals surface area (Å²) in [6.07, 6.45) is 4.29. The standard InChI is InChI=1S/C21H22N2O2/c24-21(18-14-22-19-11-5-4-10-17(18)19)20(15-7-2-1-3-8-15)23-13-16-9-6-12-25-16/h1-5,7-8,10-11,14,16,20,22-23H,6,9,12-13H2/p+1/t16-,20+/m0/s1. The van der Waals surface area contributed by atoms with E-state index in [4.69, 9.17) is 4.74 Å². The predicted octanol–water partition coefficient (Wildman–Crippen LogP) is 2.83. The average molecular weight is 335 g/mol. The summed E-state index contributed by atoms with van der Waals surface area (Å²) >= 11 is 0. The molecule has 1 aliphatic heterocycles. The van der Waals surface area contributed by atoms with Crippen LogP contribution in [-0.4, -0.2) is 30.0 Å². The van der Waals surface area contributed by atoms with Gasteiger partial charge in [-0.3, -0.25) is 4.79 Å². The van der Waals surface area contributed by atoms with Crippen molar-refractivity contribution in [2.45, 2.75) is 25.0 Å². The van der Waals surface area contributed by atoms with Crippen molar-refractivity contribution in [1.29, 1.82) is 0 Å². The first-order valence-corrected chi connectivity index (χ1v) is 8.93.